The van der Waals surface area contributed by atoms with E-state index >= 15 is 0 Å². The van der Waals surface area contributed by atoms with E-state index in [4.69, 9.17) is 17.3 Å². The number of carbonyl (C=O) groups excluding carboxylic acids is 1. The highest BCUT2D eigenvalue weighted by Gasteiger charge is 2.35. The van der Waals surface area contributed by atoms with Crippen LogP contribution in [-0.4, -0.2) is 21.8 Å². The van der Waals surface area contributed by atoms with Gasteiger partial charge in [0.25, 0.3) is 0 Å². The number of carboxylic acid groups (broad SMARTS) is 1. The Kier molecular flexibility index (Phi) is 5.46. The molecule has 2 aromatic rings. The Morgan fingerprint density at radius 2 is 1.79 bits per heavy atom. The number of carboxylic acids is 1. The van der Waals surface area contributed by atoms with E-state index in [1.807, 2.05) is 30.3 Å². The van der Waals surface area contributed by atoms with E-state index in [0.717, 1.165) is 5.56 Å². The molecule has 0 saturated carbocycles. The molecule has 0 aromatic heterocycles. The summed E-state index contributed by atoms with van der Waals surface area (Å²) in [7, 11) is 0. The number of benzene rings is 2. The molecule has 0 aliphatic heterocycles. The van der Waals surface area contributed by atoms with Gasteiger partial charge in [0.1, 0.15) is 0 Å². The van der Waals surface area contributed by atoms with Gasteiger partial charge in [0, 0.05) is 10.6 Å². The van der Waals surface area contributed by atoms with Gasteiger partial charge in [-0.15, -0.1) is 0 Å². The summed E-state index contributed by atoms with van der Waals surface area (Å²) in [6, 6.07) is 15.8. The zero-order valence-corrected chi connectivity index (χ0v) is 14.4. The molecule has 0 aliphatic carbocycles. The van der Waals surface area contributed by atoms with Gasteiger partial charge in [-0.3, -0.25) is 4.79 Å². The van der Waals surface area contributed by atoms with E-state index in [2.05, 4.69) is 5.32 Å². The molecule has 0 spiro atoms. The summed E-state index contributed by atoms with van der Waals surface area (Å²) in [5.41, 5.74) is 0.710. The van der Waals surface area contributed by atoms with Gasteiger partial charge in [-0.2, -0.15) is 0 Å². The van der Waals surface area contributed by atoms with Gasteiger partial charge in [0.05, 0.1) is 11.0 Å². The minimum absolute atomic E-state index is 0.122. The maximum atomic E-state index is 12.8. The van der Waals surface area contributed by atoms with Crippen LogP contribution in [0, 0.1) is 5.41 Å². The molecule has 0 radical (unpaired) electrons. The second-order valence-corrected chi connectivity index (χ2v) is 6.50. The minimum Gasteiger partial charge on any atom is -0.478 e. The van der Waals surface area contributed by atoms with Gasteiger partial charge in [-0.25, -0.2) is 4.79 Å². The lowest BCUT2D eigenvalue weighted by Gasteiger charge is -2.28. The number of carbonyl (C=O) groups is 2. The van der Waals surface area contributed by atoms with E-state index in [1.54, 1.807) is 26.0 Å². The zero-order valence-electron chi connectivity index (χ0n) is 13.6. The van der Waals surface area contributed by atoms with Crippen molar-refractivity contribution in [1.29, 1.82) is 0 Å². The number of hydrogen-bond acceptors (Lipinski definition) is 3. The van der Waals surface area contributed by atoms with Gasteiger partial charge < -0.3 is 10.4 Å². The van der Waals surface area contributed by atoms with Crippen LogP contribution >= 0.6 is 12.2 Å². The molecular formula is C19H19NO3S. The SMILES string of the molecule is CC(=S)C(C)(Cc1ccccc1)C(=O)Nc1cccc(C(=O)O)c1. The normalized spacial score (nSPS) is 12.9. The third kappa shape index (κ3) is 4.06. The average Bonchev–Trinajstić information content (AvgIpc) is 2.55. The maximum absolute atomic E-state index is 12.8. The summed E-state index contributed by atoms with van der Waals surface area (Å²) in [5.74, 6) is -1.29. The summed E-state index contributed by atoms with van der Waals surface area (Å²) in [4.78, 5) is 24.4. The summed E-state index contributed by atoms with van der Waals surface area (Å²) >= 11 is 5.33. The van der Waals surface area contributed by atoms with Crippen LogP contribution in [0.5, 0.6) is 0 Å². The van der Waals surface area contributed by atoms with E-state index in [1.165, 1.54) is 12.1 Å². The second-order valence-electron chi connectivity index (χ2n) is 5.89. The van der Waals surface area contributed by atoms with Crippen LogP contribution in [0.4, 0.5) is 5.69 Å². The predicted octanol–water partition coefficient (Wildman–Crippen LogP) is 3.96. The molecule has 124 valence electrons. The third-order valence-corrected chi connectivity index (χ3v) is 4.50. The van der Waals surface area contributed by atoms with E-state index in [-0.39, 0.29) is 11.5 Å². The highest BCUT2D eigenvalue weighted by atomic mass is 32.1. The monoisotopic (exact) mass is 341 g/mol. The van der Waals surface area contributed by atoms with Crippen LogP contribution in [0.2, 0.25) is 0 Å². The van der Waals surface area contributed by atoms with Crippen molar-refractivity contribution in [3.05, 3.63) is 65.7 Å². The maximum Gasteiger partial charge on any atom is 0.335 e. The number of anilines is 1. The Bertz CT molecular complexity index is 773. The van der Waals surface area contributed by atoms with Crippen LogP contribution in [0.15, 0.2) is 54.6 Å². The highest BCUT2D eigenvalue weighted by molar-refractivity contribution is 7.80. The Morgan fingerprint density at radius 1 is 1.12 bits per heavy atom. The standard InChI is InChI=1S/C19H19NO3S/c1-13(24)19(2,12-14-7-4-3-5-8-14)18(23)20-16-10-6-9-15(11-16)17(21)22/h3-11H,12H2,1-2H3,(H,20,23)(H,21,22). The number of thiocarbonyl (C=S) groups is 1. The van der Waals surface area contributed by atoms with Crippen molar-refractivity contribution < 1.29 is 14.7 Å². The molecule has 4 nitrogen and oxygen atoms in total. The van der Waals surface area contributed by atoms with Crippen molar-refractivity contribution in [2.45, 2.75) is 20.3 Å². The molecule has 24 heavy (non-hydrogen) atoms. The molecule has 2 rings (SSSR count). The first-order valence-electron chi connectivity index (χ1n) is 7.53. The van der Waals surface area contributed by atoms with Gasteiger partial charge in [0.15, 0.2) is 0 Å². The molecule has 1 atom stereocenters. The Hall–Kier alpha value is -2.53. The molecule has 2 N–H and O–H groups in total. The summed E-state index contributed by atoms with van der Waals surface area (Å²) in [6.45, 7) is 3.56. The molecule has 2 aromatic carbocycles. The fraction of sp³-hybridized carbons (Fsp3) is 0.211. The van der Waals surface area contributed by atoms with Crippen molar-refractivity contribution in [2.75, 3.05) is 5.32 Å². The topological polar surface area (TPSA) is 66.4 Å². The lowest BCUT2D eigenvalue weighted by atomic mass is 9.80. The Labute approximate surface area is 146 Å². The fourth-order valence-corrected chi connectivity index (χ4v) is 2.53. The summed E-state index contributed by atoms with van der Waals surface area (Å²) < 4.78 is 0. The first-order valence-corrected chi connectivity index (χ1v) is 7.93. The van der Waals surface area contributed by atoms with Crippen LogP contribution in [0.25, 0.3) is 0 Å². The van der Waals surface area contributed by atoms with Crippen LogP contribution in [0.3, 0.4) is 0 Å². The molecule has 1 unspecified atom stereocenters. The molecule has 0 fully saturated rings. The number of hydrogen-bond donors (Lipinski definition) is 2. The Morgan fingerprint density at radius 3 is 2.38 bits per heavy atom. The average molecular weight is 341 g/mol. The van der Waals surface area contributed by atoms with Crippen molar-refractivity contribution in [3.8, 4) is 0 Å². The van der Waals surface area contributed by atoms with Crippen molar-refractivity contribution >= 4 is 34.6 Å². The lowest BCUT2D eigenvalue weighted by molar-refractivity contribution is -0.121. The molecule has 0 aliphatic rings. The lowest BCUT2D eigenvalue weighted by Crippen LogP contribution is -2.40. The number of aromatic carboxylic acids is 1. The van der Waals surface area contributed by atoms with Crippen molar-refractivity contribution in [2.24, 2.45) is 5.41 Å². The quantitative estimate of drug-likeness (QED) is 0.781. The number of rotatable bonds is 6. The minimum atomic E-state index is -1.04. The third-order valence-electron chi connectivity index (χ3n) is 4.05. The van der Waals surface area contributed by atoms with Crippen molar-refractivity contribution in [3.63, 3.8) is 0 Å². The van der Waals surface area contributed by atoms with Crippen LogP contribution < -0.4 is 5.32 Å². The van der Waals surface area contributed by atoms with E-state index in [0.29, 0.717) is 17.0 Å². The number of nitrogens with one attached hydrogen (secondary N) is 1. The molecule has 0 saturated heterocycles. The molecule has 5 heteroatoms. The molecule has 0 bridgehead atoms. The van der Waals surface area contributed by atoms with Gasteiger partial charge in [0.2, 0.25) is 5.91 Å². The van der Waals surface area contributed by atoms with Crippen molar-refractivity contribution in [1.82, 2.24) is 0 Å². The van der Waals surface area contributed by atoms with Gasteiger partial charge >= 0.3 is 5.97 Å². The summed E-state index contributed by atoms with van der Waals surface area (Å²) in [6.07, 6.45) is 0.480. The van der Waals surface area contributed by atoms with Crippen LogP contribution in [0.1, 0.15) is 29.8 Å². The van der Waals surface area contributed by atoms with E-state index < -0.39 is 11.4 Å². The van der Waals surface area contributed by atoms with Gasteiger partial charge in [-0.1, -0.05) is 48.6 Å². The molecule has 0 heterocycles. The smallest absolute Gasteiger partial charge is 0.335 e. The number of amides is 1. The largest absolute Gasteiger partial charge is 0.478 e. The van der Waals surface area contributed by atoms with E-state index in [9.17, 15) is 9.59 Å². The Balaban J connectivity index is 2.25. The highest BCUT2D eigenvalue weighted by Crippen LogP contribution is 2.27. The first kappa shape index (κ1) is 17.8. The van der Waals surface area contributed by atoms with Crippen LogP contribution in [-0.2, 0) is 11.2 Å². The molecular weight excluding hydrogens is 322 g/mol. The summed E-state index contributed by atoms with van der Waals surface area (Å²) in [5, 5.41) is 11.8. The van der Waals surface area contributed by atoms with Gasteiger partial charge in [-0.05, 0) is 44.0 Å². The molecule has 1 amide bonds. The second kappa shape index (κ2) is 7.36. The predicted molar refractivity (Wildman–Crippen MR) is 98.6 cm³/mol. The first-order chi connectivity index (χ1) is 11.3. The fourth-order valence-electron chi connectivity index (χ4n) is 2.37. The zero-order chi connectivity index (χ0) is 17.7.